The predicted molar refractivity (Wildman–Crippen MR) is 80.2 cm³/mol. The van der Waals surface area contributed by atoms with Crippen molar-refractivity contribution in [1.29, 1.82) is 0 Å². The Hall–Kier alpha value is -2.95. The molecule has 21 heavy (non-hydrogen) atoms. The molecule has 1 heterocycles. The highest BCUT2D eigenvalue weighted by Crippen LogP contribution is 2.33. The summed E-state index contributed by atoms with van der Waals surface area (Å²) in [6.45, 7) is 0. The second kappa shape index (κ2) is 4.86. The van der Waals surface area contributed by atoms with E-state index in [1.54, 1.807) is 29.2 Å². The maximum absolute atomic E-state index is 12.4. The molecular weight excluding hydrogens is 268 g/mol. The number of carbonyl (C=O) groups excluding carboxylic acids is 1. The van der Waals surface area contributed by atoms with Crippen LogP contribution in [0, 0.1) is 10.1 Å². The van der Waals surface area contributed by atoms with Crippen molar-refractivity contribution in [3.05, 3.63) is 75.5 Å². The number of likely N-dealkylation sites (N-methyl/N-ethyl adjacent to an activating group) is 1. The summed E-state index contributed by atoms with van der Waals surface area (Å²) in [5.74, 6) is -0.0698. The molecule has 2 aromatic rings. The van der Waals surface area contributed by atoms with E-state index in [0.29, 0.717) is 16.8 Å². The van der Waals surface area contributed by atoms with Crippen LogP contribution >= 0.6 is 0 Å². The maximum atomic E-state index is 12.4. The number of nitro benzene ring substituents is 1. The van der Waals surface area contributed by atoms with Gasteiger partial charge in [0.1, 0.15) is 0 Å². The van der Waals surface area contributed by atoms with Gasteiger partial charge in [0.15, 0.2) is 0 Å². The topological polar surface area (TPSA) is 63.4 Å². The molecule has 1 aliphatic rings. The highest BCUT2D eigenvalue weighted by molar-refractivity contribution is 6.21. The summed E-state index contributed by atoms with van der Waals surface area (Å²) in [6.07, 6.45) is 1.68. The average Bonchev–Trinajstić information content (AvgIpc) is 2.73. The molecule has 2 aromatic carbocycles. The molecule has 0 saturated carbocycles. The number of benzene rings is 2. The zero-order valence-corrected chi connectivity index (χ0v) is 11.3. The van der Waals surface area contributed by atoms with Gasteiger partial charge in [-0.2, -0.15) is 0 Å². The summed E-state index contributed by atoms with van der Waals surface area (Å²) in [6, 6.07) is 13.6. The van der Waals surface area contributed by atoms with E-state index < -0.39 is 4.92 Å². The molecule has 5 nitrogen and oxygen atoms in total. The number of nitrogens with zero attached hydrogens (tertiary/aromatic N) is 2. The van der Waals surface area contributed by atoms with E-state index in [9.17, 15) is 14.9 Å². The lowest BCUT2D eigenvalue weighted by Crippen LogP contribution is -2.13. The fourth-order valence-electron chi connectivity index (χ4n) is 2.43. The molecule has 0 atom stereocenters. The molecule has 104 valence electrons. The maximum Gasteiger partial charge on any atom is 0.270 e. The Labute approximate surface area is 121 Å². The molecule has 3 rings (SSSR count). The van der Waals surface area contributed by atoms with Gasteiger partial charge in [-0.15, -0.1) is 0 Å². The van der Waals surface area contributed by atoms with Crippen molar-refractivity contribution in [2.45, 2.75) is 0 Å². The molecule has 0 saturated heterocycles. The number of non-ortho nitro benzene ring substituents is 1. The lowest BCUT2D eigenvalue weighted by Gasteiger charge is -2.13. The van der Waals surface area contributed by atoms with Gasteiger partial charge in [-0.25, -0.2) is 0 Å². The van der Waals surface area contributed by atoms with Gasteiger partial charge in [-0.1, -0.05) is 24.3 Å². The van der Waals surface area contributed by atoms with Gasteiger partial charge in [0.05, 0.1) is 16.3 Å². The van der Waals surface area contributed by atoms with Crippen LogP contribution in [0.4, 0.5) is 11.4 Å². The number of allylic oxidation sites excluding steroid dienone is 1. The summed E-state index contributed by atoms with van der Waals surface area (Å²) in [7, 11) is 1.81. The summed E-state index contributed by atoms with van der Waals surface area (Å²) >= 11 is 0. The third-order valence-corrected chi connectivity index (χ3v) is 3.49. The lowest BCUT2D eigenvalue weighted by molar-refractivity contribution is -0.384. The van der Waals surface area contributed by atoms with Crippen molar-refractivity contribution in [3.63, 3.8) is 0 Å². The molecule has 0 N–H and O–H groups in total. The number of hydrogen-bond donors (Lipinski definition) is 0. The van der Waals surface area contributed by atoms with Crippen LogP contribution in [0.2, 0.25) is 0 Å². The molecule has 0 amide bonds. The summed E-state index contributed by atoms with van der Waals surface area (Å²) in [5, 5.41) is 10.8. The standard InChI is InChI=1S/C16H12N2O3/c1-17-14-8-3-2-7-13(14)16(19)15(17)10-11-5-4-6-12(9-11)18(20)21/h2-10H,1H3/b15-10-. The number of para-hydroxylation sites is 1. The van der Waals surface area contributed by atoms with Crippen LogP contribution in [0.5, 0.6) is 0 Å². The van der Waals surface area contributed by atoms with Gasteiger partial charge in [-0.05, 0) is 23.8 Å². The Bertz CT molecular complexity index is 781. The first-order chi connectivity index (χ1) is 10.1. The molecule has 0 unspecified atom stereocenters. The Morgan fingerprint density at radius 1 is 1.14 bits per heavy atom. The number of Topliss-reactive ketones (excluding diaryl/α,β-unsaturated/α-hetero) is 1. The van der Waals surface area contributed by atoms with E-state index in [-0.39, 0.29) is 11.5 Å². The third kappa shape index (κ3) is 2.18. The van der Waals surface area contributed by atoms with Crippen LogP contribution in [-0.4, -0.2) is 17.8 Å². The number of nitro groups is 1. The van der Waals surface area contributed by atoms with E-state index in [1.165, 1.54) is 12.1 Å². The van der Waals surface area contributed by atoms with Gasteiger partial charge < -0.3 is 4.90 Å². The number of fused-ring (bicyclic) bond motifs is 1. The Morgan fingerprint density at radius 2 is 1.90 bits per heavy atom. The zero-order valence-electron chi connectivity index (χ0n) is 11.3. The molecule has 0 aromatic heterocycles. The van der Waals surface area contributed by atoms with Crippen LogP contribution in [0.1, 0.15) is 15.9 Å². The minimum Gasteiger partial charge on any atom is -0.341 e. The predicted octanol–water partition coefficient (Wildman–Crippen LogP) is 3.27. The van der Waals surface area contributed by atoms with Crippen LogP contribution in [0.15, 0.2) is 54.2 Å². The average molecular weight is 280 g/mol. The van der Waals surface area contributed by atoms with E-state index in [1.807, 2.05) is 25.2 Å². The SMILES string of the molecule is CN1/C(=C\c2cccc([N+](=O)[O-])c2)C(=O)c2ccccc21. The minimum absolute atomic E-state index is 0.00923. The second-order valence-electron chi connectivity index (χ2n) is 4.79. The van der Waals surface area contributed by atoms with Crippen LogP contribution in [0.25, 0.3) is 6.08 Å². The van der Waals surface area contributed by atoms with Gasteiger partial charge in [-0.3, -0.25) is 14.9 Å². The van der Waals surface area contributed by atoms with Gasteiger partial charge >= 0.3 is 0 Å². The van der Waals surface area contributed by atoms with Crippen molar-refractivity contribution >= 4 is 23.2 Å². The van der Waals surface area contributed by atoms with E-state index >= 15 is 0 Å². The van der Waals surface area contributed by atoms with Crippen molar-refractivity contribution in [1.82, 2.24) is 0 Å². The normalized spacial score (nSPS) is 15.4. The fourth-order valence-corrected chi connectivity index (χ4v) is 2.43. The first-order valence-electron chi connectivity index (χ1n) is 6.41. The molecule has 0 radical (unpaired) electrons. The number of rotatable bonds is 2. The van der Waals surface area contributed by atoms with Crippen LogP contribution < -0.4 is 4.90 Å². The molecular formula is C16H12N2O3. The molecule has 1 aliphatic heterocycles. The van der Waals surface area contributed by atoms with Crippen molar-refractivity contribution < 1.29 is 9.72 Å². The van der Waals surface area contributed by atoms with Crippen molar-refractivity contribution in [2.24, 2.45) is 0 Å². The van der Waals surface area contributed by atoms with Crippen molar-refractivity contribution in [2.75, 3.05) is 11.9 Å². The Morgan fingerprint density at radius 3 is 2.62 bits per heavy atom. The number of anilines is 1. The first-order valence-corrected chi connectivity index (χ1v) is 6.41. The van der Waals surface area contributed by atoms with Gasteiger partial charge in [0, 0.05) is 24.7 Å². The lowest BCUT2D eigenvalue weighted by atomic mass is 10.1. The quantitative estimate of drug-likeness (QED) is 0.481. The molecule has 0 fully saturated rings. The number of ketones is 1. The second-order valence-corrected chi connectivity index (χ2v) is 4.79. The molecule has 0 bridgehead atoms. The Balaban J connectivity index is 2.04. The summed E-state index contributed by atoms with van der Waals surface area (Å²) < 4.78 is 0. The van der Waals surface area contributed by atoms with Gasteiger partial charge in [0.2, 0.25) is 5.78 Å². The largest absolute Gasteiger partial charge is 0.341 e. The van der Waals surface area contributed by atoms with Crippen molar-refractivity contribution in [3.8, 4) is 0 Å². The van der Waals surface area contributed by atoms with Gasteiger partial charge in [0.25, 0.3) is 5.69 Å². The van der Waals surface area contributed by atoms with E-state index in [2.05, 4.69) is 0 Å². The van der Waals surface area contributed by atoms with Crippen LogP contribution in [0.3, 0.4) is 0 Å². The highest BCUT2D eigenvalue weighted by atomic mass is 16.6. The number of hydrogen-bond acceptors (Lipinski definition) is 4. The first kappa shape index (κ1) is 13.1. The Kier molecular flexibility index (Phi) is 3.02. The monoisotopic (exact) mass is 280 g/mol. The zero-order chi connectivity index (χ0) is 15.0. The summed E-state index contributed by atoms with van der Waals surface area (Å²) in [5.41, 5.74) is 2.65. The molecule has 5 heteroatoms. The fraction of sp³-hybridized carbons (Fsp3) is 0.0625. The molecule has 0 aliphatic carbocycles. The minimum atomic E-state index is -0.447. The highest BCUT2D eigenvalue weighted by Gasteiger charge is 2.29. The summed E-state index contributed by atoms with van der Waals surface area (Å²) in [4.78, 5) is 24.5. The number of carbonyl (C=O) groups is 1. The van der Waals surface area contributed by atoms with E-state index in [4.69, 9.17) is 0 Å². The van der Waals surface area contributed by atoms with Crippen LogP contribution in [-0.2, 0) is 0 Å². The third-order valence-electron chi connectivity index (χ3n) is 3.49. The van der Waals surface area contributed by atoms with E-state index in [0.717, 1.165) is 5.69 Å². The molecule has 0 spiro atoms. The smallest absolute Gasteiger partial charge is 0.270 e.